The Bertz CT molecular complexity index is 2820. The lowest BCUT2D eigenvalue weighted by Gasteiger charge is -2.24. The third-order valence-electron chi connectivity index (χ3n) is 10.6. The highest BCUT2D eigenvalue weighted by atomic mass is 16.5. The minimum atomic E-state index is -0.333. The van der Waals surface area contributed by atoms with Gasteiger partial charge in [0, 0.05) is 34.5 Å². The van der Waals surface area contributed by atoms with Gasteiger partial charge in [-0.05, 0) is 105 Å². The molecule has 0 aliphatic carbocycles. The summed E-state index contributed by atoms with van der Waals surface area (Å²) in [6, 6.07) is 62.0. The van der Waals surface area contributed by atoms with E-state index in [0.717, 1.165) is 83.6 Å². The molecule has 0 bridgehead atoms. The normalized spacial score (nSPS) is 11.8. The van der Waals surface area contributed by atoms with Gasteiger partial charge < -0.3 is 4.74 Å². The predicted molar refractivity (Wildman–Crippen MR) is 234 cm³/mol. The van der Waals surface area contributed by atoms with Crippen LogP contribution in [0.4, 0.5) is 0 Å². The molecular weight excluding hydrogens is 681 g/mol. The van der Waals surface area contributed by atoms with Gasteiger partial charge in [-0.2, -0.15) is 0 Å². The molecule has 7 aromatic carbocycles. The summed E-state index contributed by atoms with van der Waals surface area (Å²) in [7, 11) is 0. The molecule has 0 saturated heterocycles. The molecule has 3 nitrogen and oxygen atoms in total. The average Bonchev–Trinajstić information content (AvgIpc) is 3.26. The number of rotatable bonds is 9. The fourth-order valence-electron chi connectivity index (χ4n) is 7.83. The van der Waals surface area contributed by atoms with Crippen LogP contribution in [-0.2, 0) is 0 Å². The zero-order valence-corrected chi connectivity index (χ0v) is 31.5. The van der Waals surface area contributed by atoms with Gasteiger partial charge in [0.25, 0.3) is 0 Å². The van der Waals surface area contributed by atoms with E-state index in [1.54, 1.807) is 0 Å². The lowest BCUT2D eigenvalue weighted by molar-refractivity contribution is 0.243. The summed E-state index contributed by atoms with van der Waals surface area (Å²) in [5.41, 5.74) is 14.0. The summed E-state index contributed by atoms with van der Waals surface area (Å²) in [4.78, 5) is 9.48. The van der Waals surface area contributed by atoms with Crippen molar-refractivity contribution in [2.75, 3.05) is 0 Å². The monoisotopic (exact) mass is 720 g/mol. The van der Waals surface area contributed by atoms with Crippen LogP contribution in [0.15, 0.2) is 200 Å². The second-order valence-electron chi connectivity index (χ2n) is 14.4. The number of nitrogens with zero attached hydrogens (tertiary/aromatic N) is 2. The zero-order valence-electron chi connectivity index (χ0n) is 31.5. The molecule has 3 heteroatoms. The Morgan fingerprint density at radius 3 is 1.93 bits per heavy atom. The lowest BCUT2D eigenvalue weighted by Crippen LogP contribution is -2.10. The van der Waals surface area contributed by atoms with Crippen molar-refractivity contribution >= 4 is 21.5 Å². The van der Waals surface area contributed by atoms with Gasteiger partial charge in [-0.15, -0.1) is 0 Å². The van der Waals surface area contributed by atoms with Crippen molar-refractivity contribution < 1.29 is 4.74 Å². The van der Waals surface area contributed by atoms with Crippen LogP contribution in [-0.4, -0.2) is 9.97 Å². The maximum absolute atomic E-state index is 6.97. The molecule has 0 spiro atoms. The average molecular weight is 721 g/mol. The Morgan fingerprint density at radius 2 is 1.18 bits per heavy atom. The molecule has 2 aromatic heterocycles. The van der Waals surface area contributed by atoms with Crippen molar-refractivity contribution in [1.29, 1.82) is 0 Å². The Hall–Kier alpha value is -7.10. The van der Waals surface area contributed by atoms with E-state index in [1.165, 1.54) is 16.3 Å². The fraction of sp³-hybridized carbons (Fsp3) is 0.0566. The molecule has 0 N–H and O–H groups in total. The highest BCUT2D eigenvalue weighted by Gasteiger charge is 2.21. The van der Waals surface area contributed by atoms with Crippen molar-refractivity contribution in [3.63, 3.8) is 0 Å². The molecule has 0 aliphatic rings. The molecule has 0 radical (unpaired) electrons. The molecule has 2 heterocycles. The third-order valence-corrected chi connectivity index (χ3v) is 10.6. The minimum Gasteiger partial charge on any atom is -0.481 e. The van der Waals surface area contributed by atoms with Gasteiger partial charge in [0.1, 0.15) is 11.9 Å². The van der Waals surface area contributed by atoms with E-state index in [4.69, 9.17) is 9.72 Å². The summed E-state index contributed by atoms with van der Waals surface area (Å²) in [5.74, 6) is 0.827. The molecule has 268 valence electrons. The second-order valence-corrected chi connectivity index (χ2v) is 14.4. The number of hydrogen-bond acceptors (Lipinski definition) is 3. The van der Waals surface area contributed by atoms with Crippen LogP contribution in [0, 0.1) is 6.92 Å². The largest absolute Gasteiger partial charge is 0.481 e. The molecule has 1 unspecified atom stereocenters. The molecule has 1 atom stereocenters. The number of ether oxygens (including phenoxy) is 1. The van der Waals surface area contributed by atoms with Gasteiger partial charge in [-0.1, -0.05) is 152 Å². The highest BCUT2D eigenvalue weighted by molar-refractivity contribution is 6.05. The first kappa shape index (κ1) is 34.7. The standard InChI is InChI=1S/C53H40N2O/c1-35(2)53(48-25-13-22-42-34-54-30-29-45(42)48)56-51-26-14-24-44(36(51)3)52-46-23-11-10-15-37(46)27-28-47(52)41-21-12-20-40(31-41)43-32-49(38-16-6-4-7-17-38)55-50(33-43)39-18-8-5-9-19-39/h4-34,53H,1H2,2-3H3. The Labute approximate surface area is 328 Å². The number of aromatic nitrogens is 2. The van der Waals surface area contributed by atoms with E-state index < -0.39 is 0 Å². The van der Waals surface area contributed by atoms with Crippen LogP contribution >= 0.6 is 0 Å². The van der Waals surface area contributed by atoms with Crippen LogP contribution in [0.3, 0.4) is 0 Å². The van der Waals surface area contributed by atoms with Crippen molar-refractivity contribution in [2.24, 2.45) is 0 Å². The topological polar surface area (TPSA) is 35.0 Å². The van der Waals surface area contributed by atoms with Crippen LogP contribution in [0.1, 0.15) is 24.2 Å². The number of fused-ring (bicyclic) bond motifs is 2. The van der Waals surface area contributed by atoms with Gasteiger partial charge in [-0.25, -0.2) is 4.98 Å². The van der Waals surface area contributed by atoms with Crippen LogP contribution in [0.5, 0.6) is 5.75 Å². The molecule has 0 saturated carbocycles. The number of benzene rings is 7. The quantitative estimate of drug-likeness (QED) is 0.139. The van der Waals surface area contributed by atoms with Crippen molar-refractivity contribution in [1.82, 2.24) is 9.97 Å². The molecule has 56 heavy (non-hydrogen) atoms. The van der Waals surface area contributed by atoms with Crippen LogP contribution in [0.25, 0.3) is 77.4 Å². The summed E-state index contributed by atoms with van der Waals surface area (Å²) in [5, 5.41) is 4.57. The van der Waals surface area contributed by atoms with Crippen molar-refractivity contribution in [3.05, 3.63) is 212 Å². The summed E-state index contributed by atoms with van der Waals surface area (Å²) in [6.45, 7) is 8.58. The maximum Gasteiger partial charge on any atom is 0.145 e. The minimum absolute atomic E-state index is 0.333. The summed E-state index contributed by atoms with van der Waals surface area (Å²) in [6.07, 6.45) is 3.40. The Kier molecular flexibility index (Phi) is 9.26. The van der Waals surface area contributed by atoms with Gasteiger partial charge in [0.2, 0.25) is 0 Å². The Balaban J connectivity index is 1.17. The van der Waals surface area contributed by atoms with E-state index in [2.05, 4.69) is 182 Å². The molecule has 9 rings (SSSR count). The summed E-state index contributed by atoms with van der Waals surface area (Å²) >= 11 is 0. The van der Waals surface area contributed by atoms with Gasteiger partial charge >= 0.3 is 0 Å². The van der Waals surface area contributed by atoms with E-state index in [9.17, 15) is 0 Å². The second kappa shape index (κ2) is 15.0. The zero-order chi connectivity index (χ0) is 38.0. The maximum atomic E-state index is 6.97. The first-order valence-corrected chi connectivity index (χ1v) is 19.0. The molecule has 9 aromatic rings. The lowest BCUT2D eigenvalue weighted by atomic mass is 9.87. The van der Waals surface area contributed by atoms with Crippen LogP contribution in [0.2, 0.25) is 0 Å². The summed E-state index contributed by atoms with van der Waals surface area (Å²) < 4.78 is 6.97. The van der Waals surface area contributed by atoms with E-state index in [-0.39, 0.29) is 6.10 Å². The van der Waals surface area contributed by atoms with Gasteiger partial charge in [-0.3, -0.25) is 4.98 Å². The molecule has 0 amide bonds. The number of pyridine rings is 2. The van der Waals surface area contributed by atoms with Crippen LogP contribution < -0.4 is 4.74 Å². The first-order chi connectivity index (χ1) is 27.5. The smallest absolute Gasteiger partial charge is 0.145 e. The van der Waals surface area contributed by atoms with E-state index in [0.29, 0.717) is 0 Å². The predicted octanol–water partition coefficient (Wildman–Crippen LogP) is 14.1. The van der Waals surface area contributed by atoms with Crippen molar-refractivity contribution in [2.45, 2.75) is 20.0 Å². The molecule has 0 aliphatic heterocycles. The van der Waals surface area contributed by atoms with Gasteiger partial charge in [0.05, 0.1) is 11.4 Å². The first-order valence-electron chi connectivity index (χ1n) is 19.0. The van der Waals surface area contributed by atoms with Gasteiger partial charge in [0.15, 0.2) is 0 Å². The number of hydrogen-bond donors (Lipinski definition) is 0. The highest BCUT2D eigenvalue weighted by Crippen LogP contribution is 2.44. The molecular formula is C53H40N2O. The van der Waals surface area contributed by atoms with E-state index in [1.807, 2.05) is 31.5 Å². The fourth-order valence-corrected chi connectivity index (χ4v) is 7.83. The third kappa shape index (κ3) is 6.65. The Morgan fingerprint density at radius 1 is 0.536 bits per heavy atom. The van der Waals surface area contributed by atoms with E-state index >= 15 is 0 Å². The van der Waals surface area contributed by atoms with Crippen molar-refractivity contribution in [3.8, 4) is 61.6 Å². The molecule has 0 fully saturated rings. The SMILES string of the molecule is C=C(C)C(Oc1cccc(-c2c(-c3cccc(-c4cc(-c5ccccc5)nc(-c5ccccc5)c4)c3)ccc3ccccc23)c1C)c1cccc2cnccc12.